The van der Waals surface area contributed by atoms with Crippen molar-refractivity contribution in [3.05, 3.63) is 65.4 Å². The zero-order valence-corrected chi connectivity index (χ0v) is 17.7. The standard InChI is InChI=1S/C24H24O9/c1-31-19-10-17(27)14(9-15(19)24-23(30)22(29)21(28)20(11-25)33-24)16(26)7-6-13-8-12-4-2-3-5-18(12)32-13/h2-10,20-25,27-30H,11H2,1H3. The topological polar surface area (TPSA) is 150 Å². The van der Waals surface area contributed by atoms with Gasteiger partial charge in [0.1, 0.15) is 53.4 Å². The predicted octanol–water partition coefficient (Wildman–Crippen LogP) is 1.56. The molecule has 1 aliphatic heterocycles. The number of hydrogen-bond donors (Lipinski definition) is 5. The Morgan fingerprint density at radius 3 is 2.55 bits per heavy atom. The molecule has 1 saturated heterocycles. The van der Waals surface area contributed by atoms with Crippen molar-refractivity contribution in [3.8, 4) is 11.5 Å². The van der Waals surface area contributed by atoms with E-state index in [0.29, 0.717) is 11.3 Å². The third-order valence-corrected chi connectivity index (χ3v) is 5.66. The van der Waals surface area contributed by atoms with Gasteiger partial charge in [0.25, 0.3) is 0 Å². The first kappa shape index (κ1) is 23.0. The number of hydrogen-bond acceptors (Lipinski definition) is 9. The molecule has 0 saturated carbocycles. The molecule has 9 heteroatoms. The third kappa shape index (κ3) is 4.37. The number of allylic oxidation sites excluding steroid dienone is 1. The van der Waals surface area contributed by atoms with Crippen molar-refractivity contribution >= 4 is 22.8 Å². The van der Waals surface area contributed by atoms with Crippen LogP contribution in [0, 0.1) is 0 Å². The smallest absolute Gasteiger partial charge is 0.189 e. The summed E-state index contributed by atoms with van der Waals surface area (Å²) in [5.41, 5.74) is 0.726. The summed E-state index contributed by atoms with van der Waals surface area (Å²) in [4.78, 5) is 12.8. The van der Waals surface area contributed by atoms with E-state index in [0.717, 1.165) is 5.39 Å². The fourth-order valence-electron chi connectivity index (χ4n) is 3.87. The van der Waals surface area contributed by atoms with Crippen molar-refractivity contribution in [2.75, 3.05) is 13.7 Å². The molecule has 3 aromatic rings. The fourth-order valence-corrected chi connectivity index (χ4v) is 3.87. The highest BCUT2D eigenvalue weighted by Gasteiger charge is 2.45. The van der Waals surface area contributed by atoms with Gasteiger partial charge in [-0.3, -0.25) is 4.79 Å². The Labute approximate surface area is 188 Å². The molecule has 1 aliphatic rings. The second-order valence-electron chi connectivity index (χ2n) is 7.74. The molecule has 5 unspecified atom stereocenters. The molecule has 0 radical (unpaired) electrons. The summed E-state index contributed by atoms with van der Waals surface area (Å²) in [6.45, 7) is -0.603. The van der Waals surface area contributed by atoms with E-state index in [9.17, 15) is 30.3 Å². The van der Waals surface area contributed by atoms with Gasteiger partial charge < -0.3 is 39.4 Å². The Morgan fingerprint density at radius 1 is 1.09 bits per heavy atom. The maximum Gasteiger partial charge on any atom is 0.189 e. The molecular weight excluding hydrogens is 432 g/mol. The van der Waals surface area contributed by atoms with Crippen molar-refractivity contribution in [1.29, 1.82) is 0 Å². The highest BCUT2D eigenvalue weighted by Crippen LogP contribution is 2.40. The number of methoxy groups -OCH3 is 1. The average molecular weight is 456 g/mol. The number of phenolic OH excluding ortho intramolecular Hbond substituents is 1. The molecule has 0 aliphatic carbocycles. The number of benzene rings is 2. The number of ether oxygens (including phenoxy) is 2. The molecule has 5 atom stereocenters. The molecule has 174 valence electrons. The highest BCUT2D eigenvalue weighted by molar-refractivity contribution is 6.08. The average Bonchev–Trinajstić information content (AvgIpc) is 3.24. The van der Waals surface area contributed by atoms with E-state index in [1.54, 1.807) is 12.1 Å². The molecule has 0 amide bonds. The first-order chi connectivity index (χ1) is 15.8. The number of fused-ring (bicyclic) bond motifs is 1. The van der Waals surface area contributed by atoms with Crippen molar-refractivity contribution in [1.82, 2.24) is 0 Å². The molecular formula is C24H24O9. The molecule has 2 aromatic carbocycles. The van der Waals surface area contributed by atoms with E-state index < -0.39 is 42.9 Å². The van der Waals surface area contributed by atoms with Crippen molar-refractivity contribution < 1.29 is 44.2 Å². The molecule has 5 N–H and O–H groups in total. The monoisotopic (exact) mass is 456 g/mol. The van der Waals surface area contributed by atoms with Crippen LogP contribution in [-0.2, 0) is 4.74 Å². The Morgan fingerprint density at radius 2 is 1.85 bits per heavy atom. The number of carbonyl (C=O) groups excluding carboxylic acids is 1. The molecule has 4 rings (SSSR count). The van der Waals surface area contributed by atoms with Crippen molar-refractivity contribution in [3.63, 3.8) is 0 Å². The maximum atomic E-state index is 12.8. The van der Waals surface area contributed by atoms with Crippen LogP contribution in [0.15, 0.2) is 53.0 Å². The maximum absolute atomic E-state index is 12.8. The number of para-hydroxylation sites is 1. The van der Waals surface area contributed by atoms with Crippen LogP contribution in [0.2, 0.25) is 0 Å². The van der Waals surface area contributed by atoms with Crippen LogP contribution in [0.3, 0.4) is 0 Å². The number of rotatable bonds is 6. The van der Waals surface area contributed by atoms with Crippen molar-refractivity contribution in [2.24, 2.45) is 0 Å². The number of aliphatic hydroxyl groups excluding tert-OH is 4. The van der Waals surface area contributed by atoms with Crippen LogP contribution < -0.4 is 4.74 Å². The number of phenols is 1. The minimum atomic E-state index is -1.61. The number of ketones is 1. The fraction of sp³-hybridized carbons (Fsp3) is 0.292. The Kier molecular flexibility index (Phi) is 6.50. The predicted molar refractivity (Wildman–Crippen MR) is 117 cm³/mol. The van der Waals surface area contributed by atoms with Crippen LogP contribution in [-0.4, -0.2) is 69.4 Å². The number of furan rings is 1. The lowest BCUT2D eigenvalue weighted by Crippen LogP contribution is -2.55. The lowest BCUT2D eigenvalue weighted by Gasteiger charge is -2.40. The van der Waals surface area contributed by atoms with E-state index in [1.165, 1.54) is 31.4 Å². The first-order valence-electron chi connectivity index (χ1n) is 10.3. The van der Waals surface area contributed by atoms with Gasteiger partial charge in [0.2, 0.25) is 0 Å². The second-order valence-corrected chi connectivity index (χ2v) is 7.74. The van der Waals surface area contributed by atoms with Gasteiger partial charge in [-0.05, 0) is 30.4 Å². The van der Waals surface area contributed by atoms with Gasteiger partial charge in [0, 0.05) is 17.0 Å². The van der Waals surface area contributed by atoms with Crippen LogP contribution in [0.25, 0.3) is 17.0 Å². The van der Waals surface area contributed by atoms with Crippen LogP contribution in [0.1, 0.15) is 27.8 Å². The molecule has 33 heavy (non-hydrogen) atoms. The normalized spacial score (nSPS) is 25.5. The quantitative estimate of drug-likeness (QED) is 0.275. The number of carbonyl (C=O) groups is 1. The zero-order valence-electron chi connectivity index (χ0n) is 17.7. The SMILES string of the molecule is COc1cc(O)c(C(=O)C=Cc2cc3ccccc3o2)cc1C1OC(CO)C(O)C(O)C1O. The Hall–Kier alpha value is -3.21. The minimum absolute atomic E-state index is 0.0923. The number of aliphatic hydroxyl groups is 4. The highest BCUT2D eigenvalue weighted by atomic mass is 16.5. The van der Waals surface area contributed by atoms with Gasteiger partial charge in [0.15, 0.2) is 5.78 Å². The van der Waals surface area contributed by atoms with Gasteiger partial charge in [-0.15, -0.1) is 0 Å². The zero-order chi connectivity index (χ0) is 23.7. The van der Waals surface area contributed by atoms with Gasteiger partial charge >= 0.3 is 0 Å². The lowest BCUT2D eigenvalue weighted by molar-refractivity contribution is -0.232. The summed E-state index contributed by atoms with van der Waals surface area (Å²) in [5, 5.41) is 51.3. The van der Waals surface area contributed by atoms with E-state index >= 15 is 0 Å². The summed E-state index contributed by atoms with van der Waals surface area (Å²) in [7, 11) is 1.32. The summed E-state index contributed by atoms with van der Waals surface area (Å²) >= 11 is 0. The van der Waals surface area contributed by atoms with Gasteiger partial charge in [0.05, 0.1) is 19.3 Å². The van der Waals surface area contributed by atoms with Gasteiger partial charge in [-0.25, -0.2) is 0 Å². The van der Waals surface area contributed by atoms with E-state index in [2.05, 4.69) is 0 Å². The largest absolute Gasteiger partial charge is 0.507 e. The van der Waals surface area contributed by atoms with Crippen molar-refractivity contribution in [2.45, 2.75) is 30.5 Å². The minimum Gasteiger partial charge on any atom is -0.507 e. The van der Waals surface area contributed by atoms with Crippen LogP contribution >= 0.6 is 0 Å². The molecule has 0 bridgehead atoms. The first-order valence-corrected chi connectivity index (χ1v) is 10.3. The van der Waals surface area contributed by atoms with Crippen LogP contribution in [0.4, 0.5) is 0 Å². The Bertz CT molecular complexity index is 1150. The van der Waals surface area contributed by atoms with E-state index in [-0.39, 0.29) is 22.6 Å². The lowest BCUT2D eigenvalue weighted by atomic mass is 9.89. The molecule has 1 fully saturated rings. The summed E-state index contributed by atoms with van der Waals surface area (Å²) in [6, 6.07) is 11.6. The summed E-state index contributed by atoms with van der Waals surface area (Å²) in [6.07, 6.45) is -4.38. The summed E-state index contributed by atoms with van der Waals surface area (Å²) in [5.74, 6) is -0.373. The van der Waals surface area contributed by atoms with E-state index in [1.807, 2.05) is 18.2 Å². The molecule has 0 spiro atoms. The Balaban J connectivity index is 1.66. The summed E-state index contributed by atoms with van der Waals surface area (Å²) < 4.78 is 16.5. The molecule has 9 nitrogen and oxygen atoms in total. The van der Waals surface area contributed by atoms with Gasteiger partial charge in [-0.1, -0.05) is 18.2 Å². The van der Waals surface area contributed by atoms with Crippen LogP contribution in [0.5, 0.6) is 11.5 Å². The van der Waals surface area contributed by atoms with Gasteiger partial charge in [-0.2, -0.15) is 0 Å². The van der Waals surface area contributed by atoms with E-state index in [4.69, 9.17) is 13.9 Å². The number of aromatic hydroxyl groups is 1. The molecule has 1 aromatic heterocycles. The second kappa shape index (κ2) is 9.34. The molecule has 2 heterocycles. The third-order valence-electron chi connectivity index (χ3n) is 5.66.